The molecule has 1 aliphatic heterocycles. The monoisotopic (exact) mass is 398 g/mol. The number of nitrogens with one attached hydrogen (secondary N) is 1. The van der Waals surface area contributed by atoms with E-state index in [1.54, 1.807) is 24.3 Å². The van der Waals surface area contributed by atoms with Gasteiger partial charge in [0.05, 0.1) is 0 Å². The van der Waals surface area contributed by atoms with E-state index in [1.807, 2.05) is 25.0 Å². The van der Waals surface area contributed by atoms with E-state index >= 15 is 0 Å². The minimum atomic E-state index is -0.0636. The summed E-state index contributed by atoms with van der Waals surface area (Å²) in [6, 6.07) is 7.13. The fourth-order valence-corrected chi connectivity index (χ4v) is 3.88. The van der Waals surface area contributed by atoms with Crippen LogP contribution in [0.5, 0.6) is 0 Å². The Labute approximate surface area is 170 Å². The molecular weight excluding hydrogens is 372 g/mol. The maximum atomic E-state index is 12.4. The van der Waals surface area contributed by atoms with Crippen molar-refractivity contribution in [3.8, 4) is 0 Å². The number of hydrogen-bond acceptors (Lipinski definition) is 5. The number of nitrogens with zero attached hydrogens (tertiary/aromatic N) is 3. The smallest absolute Gasteiger partial charge is 0.253 e. The number of rotatable bonds is 6. The van der Waals surface area contributed by atoms with Gasteiger partial charge in [0.15, 0.2) is 5.16 Å². The molecule has 0 atom stereocenters. The molecule has 7 heteroatoms. The second-order valence-corrected chi connectivity index (χ2v) is 7.76. The molecule has 3 rings (SSSR count). The number of amides is 2. The molecular formula is C21H26N4O2S. The van der Waals surface area contributed by atoms with Gasteiger partial charge >= 0.3 is 0 Å². The highest BCUT2D eigenvalue weighted by atomic mass is 32.2. The van der Waals surface area contributed by atoms with Gasteiger partial charge in [0, 0.05) is 42.1 Å². The molecule has 0 spiro atoms. The molecule has 0 saturated carbocycles. The zero-order chi connectivity index (χ0) is 20.1. The fraction of sp³-hybridized carbons (Fsp3) is 0.429. The zero-order valence-electron chi connectivity index (χ0n) is 16.6. The third-order valence-corrected chi connectivity index (χ3v) is 5.54. The van der Waals surface area contributed by atoms with Crippen LogP contribution in [0.3, 0.4) is 0 Å². The molecule has 1 N–H and O–H groups in total. The molecule has 148 valence electrons. The Morgan fingerprint density at radius 2 is 1.68 bits per heavy atom. The normalized spacial score (nSPS) is 13.6. The van der Waals surface area contributed by atoms with Crippen molar-refractivity contribution in [3.63, 3.8) is 0 Å². The summed E-state index contributed by atoms with van der Waals surface area (Å²) < 4.78 is 0. The van der Waals surface area contributed by atoms with E-state index in [0.29, 0.717) is 24.1 Å². The van der Waals surface area contributed by atoms with Crippen molar-refractivity contribution < 1.29 is 9.59 Å². The number of likely N-dealkylation sites (tertiary alicyclic amines) is 1. The van der Waals surface area contributed by atoms with Gasteiger partial charge in [-0.2, -0.15) is 0 Å². The Bertz CT molecular complexity index is 838. The lowest BCUT2D eigenvalue weighted by Crippen LogP contribution is -2.27. The van der Waals surface area contributed by atoms with Crippen molar-refractivity contribution in [1.82, 2.24) is 14.9 Å². The van der Waals surface area contributed by atoms with Crippen molar-refractivity contribution in [3.05, 3.63) is 46.8 Å². The molecule has 1 fully saturated rings. The SMILES string of the molecule is CSc1nc(C)c(CCC(=O)Nc2ccc(C(=O)N3CCCC3)cc2)c(C)n1. The van der Waals surface area contributed by atoms with Crippen molar-refractivity contribution in [1.29, 1.82) is 0 Å². The molecule has 2 amide bonds. The molecule has 0 aliphatic carbocycles. The van der Waals surface area contributed by atoms with E-state index in [-0.39, 0.29) is 11.8 Å². The van der Waals surface area contributed by atoms with Crippen molar-refractivity contribution in [2.24, 2.45) is 0 Å². The van der Waals surface area contributed by atoms with Crippen LogP contribution in [0.15, 0.2) is 29.4 Å². The number of aromatic nitrogens is 2. The van der Waals surface area contributed by atoms with Gasteiger partial charge in [-0.1, -0.05) is 11.8 Å². The average molecular weight is 399 g/mol. The Kier molecular flexibility index (Phi) is 6.67. The summed E-state index contributed by atoms with van der Waals surface area (Å²) in [5.41, 5.74) is 4.24. The zero-order valence-corrected chi connectivity index (χ0v) is 17.4. The number of aryl methyl sites for hydroxylation is 2. The highest BCUT2D eigenvalue weighted by molar-refractivity contribution is 7.98. The summed E-state index contributed by atoms with van der Waals surface area (Å²) in [7, 11) is 0. The third-order valence-electron chi connectivity index (χ3n) is 4.99. The van der Waals surface area contributed by atoms with Gasteiger partial charge in [-0.3, -0.25) is 9.59 Å². The molecule has 0 unspecified atom stereocenters. The van der Waals surface area contributed by atoms with Gasteiger partial charge in [0.1, 0.15) is 0 Å². The first-order chi connectivity index (χ1) is 13.5. The molecule has 6 nitrogen and oxygen atoms in total. The van der Waals surface area contributed by atoms with Crippen LogP contribution in [-0.4, -0.2) is 46.0 Å². The number of benzene rings is 1. The number of hydrogen-bond donors (Lipinski definition) is 1. The molecule has 0 radical (unpaired) electrons. The van der Waals surface area contributed by atoms with Crippen LogP contribution in [0.4, 0.5) is 5.69 Å². The van der Waals surface area contributed by atoms with E-state index in [1.165, 1.54) is 11.8 Å². The summed E-state index contributed by atoms with van der Waals surface area (Å²) in [4.78, 5) is 35.5. The lowest BCUT2D eigenvalue weighted by molar-refractivity contribution is -0.116. The van der Waals surface area contributed by atoms with Gasteiger partial charge in [-0.25, -0.2) is 9.97 Å². The molecule has 1 aliphatic rings. The number of carbonyl (C=O) groups excluding carboxylic acids is 2. The number of thioether (sulfide) groups is 1. The average Bonchev–Trinajstić information content (AvgIpc) is 3.22. The van der Waals surface area contributed by atoms with Gasteiger partial charge in [0.2, 0.25) is 5.91 Å². The topological polar surface area (TPSA) is 75.2 Å². The minimum absolute atomic E-state index is 0.0636. The van der Waals surface area contributed by atoms with E-state index in [9.17, 15) is 9.59 Å². The Balaban J connectivity index is 1.56. The first-order valence-electron chi connectivity index (χ1n) is 9.55. The van der Waals surface area contributed by atoms with Crippen molar-refractivity contribution in [2.45, 2.75) is 44.7 Å². The standard InChI is InChI=1S/C21H26N4O2S/c1-14-18(15(2)23-21(22-14)28-3)10-11-19(26)24-17-8-6-16(7-9-17)20(27)25-12-4-5-13-25/h6-9H,4-5,10-13H2,1-3H3,(H,24,26). The minimum Gasteiger partial charge on any atom is -0.339 e. The number of carbonyl (C=O) groups is 2. The highest BCUT2D eigenvalue weighted by Gasteiger charge is 2.19. The summed E-state index contributed by atoms with van der Waals surface area (Å²) in [6.07, 6.45) is 5.06. The molecule has 1 saturated heterocycles. The summed E-state index contributed by atoms with van der Waals surface area (Å²) in [6.45, 7) is 5.57. The van der Waals surface area contributed by atoms with Crippen molar-refractivity contribution >= 4 is 29.3 Å². The molecule has 1 aromatic carbocycles. The Morgan fingerprint density at radius 1 is 1.07 bits per heavy atom. The van der Waals surface area contributed by atoms with Crippen molar-refractivity contribution in [2.75, 3.05) is 24.7 Å². The van der Waals surface area contributed by atoms with Crippen LogP contribution in [0.2, 0.25) is 0 Å². The van der Waals surface area contributed by atoms with E-state index < -0.39 is 0 Å². The first kappa shape index (κ1) is 20.3. The molecule has 2 heterocycles. The molecule has 1 aromatic heterocycles. The quantitative estimate of drug-likeness (QED) is 0.594. The van der Waals surface area contributed by atoms with E-state index in [0.717, 1.165) is 48.0 Å². The predicted molar refractivity (Wildman–Crippen MR) is 112 cm³/mol. The number of anilines is 1. The van der Waals surface area contributed by atoms with Gasteiger partial charge in [0.25, 0.3) is 5.91 Å². The lowest BCUT2D eigenvalue weighted by atomic mass is 10.1. The molecule has 28 heavy (non-hydrogen) atoms. The highest BCUT2D eigenvalue weighted by Crippen LogP contribution is 2.18. The van der Waals surface area contributed by atoms with Gasteiger partial charge in [-0.15, -0.1) is 0 Å². The maximum absolute atomic E-state index is 12.4. The Morgan fingerprint density at radius 3 is 2.25 bits per heavy atom. The van der Waals surface area contributed by atoms with E-state index in [4.69, 9.17) is 0 Å². The van der Waals surface area contributed by atoms with Crippen LogP contribution in [0.25, 0.3) is 0 Å². The van der Waals surface area contributed by atoms with Crippen LogP contribution >= 0.6 is 11.8 Å². The van der Waals surface area contributed by atoms with Crippen LogP contribution < -0.4 is 5.32 Å². The lowest BCUT2D eigenvalue weighted by Gasteiger charge is -2.15. The van der Waals surface area contributed by atoms with Gasteiger partial charge < -0.3 is 10.2 Å². The predicted octanol–water partition coefficient (Wildman–Crippen LogP) is 3.62. The van der Waals surface area contributed by atoms with Crippen LogP contribution in [-0.2, 0) is 11.2 Å². The Hall–Kier alpha value is -2.41. The maximum Gasteiger partial charge on any atom is 0.253 e. The molecule has 2 aromatic rings. The third kappa shape index (κ3) is 4.90. The largest absolute Gasteiger partial charge is 0.339 e. The second kappa shape index (κ2) is 9.19. The van der Waals surface area contributed by atoms with Crippen LogP contribution in [0.1, 0.15) is 46.6 Å². The molecule has 0 bridgehead atoms. The first-order valence-corrected chi connectivity index (χ1v) is 10.8. The summed E-state index contributed by atoms with van der Waals surface area (Å²) in [5, 5.41) is 3.66. The fourth-order valence-electron chi connectivity index (χ4n) is 3.42. The van der Waals surface area contributed by atoms with Gasteiger partial charge in [-0.05, 0) is 69.2 Å². The second-order valence-electron chi connectivity index (χ2n) is 6.98. The van der Waals surface area contributed by atoms with Crippen LogP contribution in [0, 0.1) is 13.8 Å². The summed E-state index contributed by atoms with van der Waals surface area (Å²) >= 11 is 1.51. The summed E-state index contributed by atoms with van der Waals surface area (Å²) in [5.74, 6) is 0.00128. The van der Waals surface area contributed by atoms with E-state index in [2.05, 4.69) is 15.3 Å².